The molecule has 0 bridgehead atoms. The maximum Gasteiger partial charge on any atom is 0.175 e. The Hall–Kier alpha value is -1.37. The summed E-state index contributed by atoms with van der Waals surface area (Å²) in [5.74, 6) is 1.10. The van der Waals surface area contributed by atoms with Crippen molar-refractivity contribution in [1.29, 1.82) is 0 Å². The first-order valence-electron chi connectivity index (χ1n) is 5.77. The number of hydrogen-bond acceptors (Lipinski definition) is 4. The van der Waals surface area contributed by atoms with E-state index in [4.69, 9.17) is 4.74 Å². The van der Waals surface area contributed by atoms with Gasteiger partial charge in [-0.2, -0.15) is 0 Å². The van der Waals surface area contributed by atoms with Gasteiger partial charge in [-0.25, -0.2) is 8.42 Å². The lowest BCUT2D eigenvalue weighted by Gasteiger charge is -2.08. The molecule has 4 nitrogen and oxygen atoms in total. The van der Waals surface area contributed by atoms with Crippen LogP contribution >= 0.6 is 15.9 Å². The molecule has 106 valence electrons. The van der Waals surface area contributed by atoms with E-state index in [1.807, 2.05) is 0 Å². The molecule has 0 aliphatic heterocycles. The summed E-state index contributed by atoms with van der Waals surface area (Å²) in [5, 5.41) is 9.18. The summed E-state index contributed by atoms with van der Waals surface area (Å²) in [6.07, 6.45) is 1.16. The van der Waals surface area contributed by atoms with Crippen molar-refractivity contribution in [2.45, 2.75) is 11.5 Å². The molecule has 0 fully saturated rings. The number of aliphatic hydroxyl groups excluding tert-OH is 1. The summed E-state index contributed by atoms with van der Waals surface area (Å²) in [6, 6.07) is 11.4. The van der Waals surface area contributed by atoms with Gasteiger partial charge in [-0.15, -0.1) is 0 Å². The fraction of sp³-hybridized carbons (Fsp3) is 0.143. The van der Waals surface area contributed by atoms with Crippen LogP contribution in [0.25, 0.3) is 0 Å². The second-order valence-corrected chi connectivity index (χ2v) is 7.13. The Bertz CT molecular complexity index is 708. The first-order chi connectivity index (χ1) is 9.40. The molecule has 0 heterocycles. The Balaban J connectivity index is 2.22. The van der Waals surface area contributed by atoms with Crippen molar-refractivity contribution in [1.82, 2.24) is 0 Å². The number of halogens is 1. The second kappa shape index (κ2) is 5.95. The molecule has 0 spiro atoms. The van der Waals surface area contributed by atoms with Crippen molar-refractivity contribution in [2.75, 3.05) is 6.26 Å². The van der Waals surface area contributed by atoms with E-state index in [0.29, 0.717) is 11.5 Å². The van der Waals surface area contributed by atoms with E-state index < -0.39 is 9.84 Å². The molecular formula is C14H13BrO4S. The monoisotopic (exact) mass is 356 g/mol. The highest BCUT2D eigenvalue weighted by Crippen LogP contribution is 2.27. The molecular weight excluding hydrogens is 344 g/mol. The van der Waals surface area contributed by atoms with E-state index in [9.17, 15) is 13.5 Å². The summed E-state index contributed by atoms with van der Waals surface area (Å²) in [6.45, 7) is -0.0925. The van der Waals surface area contributed by atoms with Crippen LogP contribution in [0.2, 0.25) is 0 Å². The predicted octanol–water partition coefficient (Wildman–Crippen LogP) is 3.14. The van der Waals surface area contributed by atoms with Gasteiger partial charge in [-0.3, -0.25) is 0 Å². The molecule has 0 aliphatic carbocycles. The Morgan fingerprint density at radius 3 is 2.25 bits per heavy atom. The van der Waals surface area contributed by atoms with Crippen LogP contribution in [0.4, 0.5) is 0 Å². The van der Waals surface area contributed by atoms with Crippen LogP contribution in [0.3, 0.4) is 0 Å². The van der Waals surface area contributed by atoms with Crippen molar-refractivity contribution in [3.05, 3.63) is 52.5 Å². The molecule has 0 aliphatic rings. The fourth-order valence-corrected chi connectivity index (χ4v) is 2.63. The molecule has 0 radical (unpaired) electrons. The van der Waals surface area contributed by atoms with E-state index in [2.05, 4.69) is 15.9 Å². The van der Waals surface area contributed by atoms with E-state index in [0.717, 1.165) is 16.3 Å². The summed E-state index contributed by atoms with van der Waals surface area (Å²) < 4.78 is 29.1. The minimum atomic E-state index is -3.20. The molecule has 0 saturated carbocycles. The first-order valence-corrected chi connectivity index (χ1v) is 8.46. The number of benzene rings is 2. The molecule has 0 amide bonds. The fourth-order valence-electron chi connectivity index (χ4n) is 1.63. The lowest BCUT2D eigenvalue weighted by molar-refractivity contribution is 0.280. The molecule has 0 unspecified atom stereocenters. The molecule has 0 atom stereocenters. The highest BCUT2D eigenvalue weighted by Gasteiger charge is 2.07. The normalized spacial score (nSPS) is 11.3. The van der Waals surface area contributed by atoms with Crippen LogP contribution < -0.4 is 4.74 Å². The minimum Gasteiger partial charge on any atom is -0.457 e. The number of aliphatic hydroxyl groups is 1. The van der Waals surface area contributed by atoms with Gasteiger partial charge in [-0.05, 0) is 48.0 Å². The molecule has 0 aromatic heterocycles. The van der Waals surface area contributed by atoms with E-state index in [1.54, 1.807) is 30.3 Å². The standard InChI is InChI=1S/C14H13BrO4S/c1-20(17,18)13-5-2-11(3-6-13)19-12-4-7-14(15)10(8-12)9-16/h2-8,16H,9H2,1H3. The Morgan fingerprint density at radius 2 is 1.70 bits per heavy atom. The zero-order valence-corrected chi connectivity index (χ0v) is 13.1. The third-order valence-corrected chi connectivity index (χ3v) is 4.58. The summed E-state index contributed by atoms with van der Waals surface area (Å²) in [4.78, 5) is 0.247. The average molecular weight is 357 g/mol. The Kier molecular flexibility index (Phi) is 4.47. The Morgan fingerprint density at radius 1 is 1.10 bits per heavy atom. The van der Waals surface area contributed by atoms with E-state index in [-0.39, 0.29) is 11.5 Å². The third-order valence-electron chi connectivity index (χ3n) is 2.68. The van der Waals surface area contributed by atoms with Gasteiger partial charge in [0.05, 0.1) is 11.5 Å². The van der Waals surface area contributed by atoms with Crippen LogP contribution in [-0.4, -0.2) is 19.8 Å². The maximum atomic E-state index is 11.3. The number of hydrogen-bond donors (Lipinski definition) is 1. The van der Waals surface area contributed by atoms with Gasteiger partial charge >= 0.3 is 0 Å². The van der Waals surface area contributed by atoms with Crippen LogP contribution in [0.15, 0.2) is 51.8 Å². The largest absolute Gasteiger partial charge is 0.457 e. The summed E-state index contributed by atoms with van der Waals surface area (Å²) in [7, 11) is -3.20. The molecule has 2 aromatic carbocycles. The average Bonchev–Trinajstić information content (AvgIpc) is 2.40. The lowest BCUT2D eigenvalue weighted by Crippen LogP contribution is -1.96. The number of sulfone groups is 1. The quantitative estimate of drug-likeness (QED) is 0.913. The van der Waals surface area contributed by atoms with Crippen molar-refractivity contribution in [2.24, 2.45) is 0 Å². The van der Waals surface area contributed by atoms with Gasteiger partial charge in [0.1, 0.15) is 11.5 Å². The molecule has 1 N–H and O–H groups in total. The molecule has 0 saturated heterocycles. The molecule has 2 rings (SSSR count). The highest BCUT2D eigenvalue weighted by atomic mass is 79.9. The van der Waals surface area contributed by atoms with Gasteiger partial charge in [0.25, 0.3) is 0 Å². The third kappa shape index (κ3) is 3.59. The molecule has 2 aromatic rings. The van der Waals surface area contributed by atoms with E-state index in [1.165, 1.54) is 12.1 Å². The van der Waals surface area contributed by atoms with Crippen molar-refractivity contribution < 1.29 is 18.3 Å². The van der Waals surface area contributed by atoms with E-state index >= 15 is 0 Å². The predicted molar refractivity (Wildman–Crippen MR) is 79.7 cm³/mol. The zero-order chi connectivity index (χ0) is 14.8. The number of rotatable bonds is 4. The van der Waals surface area contributed by atoms with Gasteiger partial charge in [0.15, 0.2) is 9.84 Å². The first kappa shape index (κ1) is 15.0. The van der Waals surface area contributed by atoms with Crippen LogP contribution in [0, 0.1) is 0 Å². The summed E-state index contributed by atoms with van der Waals surface area (Å²) >= 11 is 3.33. The number of ether oxygens (including phenoxy) is 1. The van der Waals surface area contributed by atoms with Crippen molar-refractivity contribution in [3.63, 3.8) is 0 Å². The minimum absolute atomic E-state index is 0.0925. The smallest absolute Gasteiger partial charge is 0.175 e. The SMILES string of the molecule is CS(=O)(=O)c1ccc(Oc2ccc(Br)c(CO)c2)cc1. The highest BCUT2D eigenvalue weighted by molar-refractivity contribution is 9.10. The van der Waals surface area contributed by atoms with Gasteiger partial charge in [-0.1, -0.05) is 15.9 Å². The molecule has 6 heteroatoms. The zero-order valence-electron chi connectivity index (χ0n) is 10.7. The summed E-state index contributed by atoms with van der Waals surface area (Å²) in [5.41, 5.74) is 0.718. The van der Waals surface area contributed by atoms with Gasteiger partial charge in [0.2, 0.25) is 0 Å². The topological polar surface area (TPSA) is 63.6 Å². The van der Waals surface area contributed by atoms with Gasteiger partial charge in [0, 0.05) is 10.7 Å². The Labute approximate surface area is 126 Å². The van der Waals surface area contributed by atoms with Crippen LogP contribution in [0.1, 0.15) is 5.56 Å². The lowest BCUT2D eigenvalue weighted by atomic mass is 10.2. The second-order valence-electron chi connectivity index (χ2n) is 4.26. The van der Waals surface area contributed by atoms with Crippen LogP contribution in [0.5, 0.6) is 11.5 Å². The van der Waals surface area contributed by atoms with Gasteiger partial charge < -0.3 is 9.84 Å². The van der Waals surface area contributed by atoms with Crippen molar-refractivity contribution >= 4 is 25.8 Å². The van der Waals surface area contributed by atoms with Crippen LogP contribution in [-0.2, 0) is 16.4 Å². The van der Waals surface area contributed by atoms with Crippen molar-refractivity contribution in [3.8, 4) is 11.5 Å². The molecule has 20 heavy (non-hydrogen) atoms. The maximum absolute atomic E-state index is 11.3.